The second kappa shape index (κ2) is 10.3. The van der Waals surface area contributed by atoms with Crippen molar-refractivity contribution in [3.8, 4) is 11.5 Å². The number of fused-ring (bicyclic) bond motifs is 1. The van der Waals surface area contributed by atoms with Crippen molar-refractivity contribution in [2.45, 2.75) is 20.1 Å². The molecule has 5 rings (SSSR count). The van der Waals surface area contributed by atoms with Gasteiger partial charge >= 0.3 is 0 Å². The molecule has 1 aliphatic heterocycles. The van der Waals surface area contributed by atoms with E-state index < -0.39 is 0 Å². The topological polar surface area (TPSA) is 55.8 Å². The summed E-state index contributed by atoms with van der Waals surface area (Å²) in [5.41, 5.74) is 3.95. The van der Waals surface area contributed by atoms with Gasteiger partial charge in [-0.15, -0.1) is 0 Å². The molecule has 0 radical (unpaired) electrons. The summed E-state index contributed by atoms with van der Waals surface area (Å²) in [7, 11) is 1.58. The van der Waals surface area contributed by atoms with E-state index in [0.717, 1.165) is 39.2 Å². The number of imide groups is 1. The Kier molecular flexibility index (Phi) is 6.78. The normalized spacial score (nSPS) is 14.6. The van der Waals surface area contributed by atoms with Crippen molar-refractivity contribution in [2.75, 3.05) is 7.11 Å². The predicted molar refractivity (Wildman–Crippen MR) is 144 cm³/mol. The van der Waals surface area contributed by atoms with E-state index in [-0.39, 0.29) is 17.7 Å². The molecule has 0 unspecified atom stereocenters. The fourth-order valence-electron chi connectivity index (χ4n) is 4.13. The number of aryl methyl sites for hydroxylation is 1. The maximum atomic E-state index is 13.1. The van der Waals surface area contributed by atoms with Crippen molar-refractivity contribution < 1.29 is 19.1 Å². The number of hydrogen-bond acceptors (Lipinski definition) is 5. The third-order valence-corrected chi connectivity index (χ3v) is 6.99. The summed E-state index contributed by atoms with van der Waals surface area (Å²) < 4.78 is 11.5. The first-order valence-corrected chi connectivity index (χ1v) is 12.4. The van der Waals surface area contributed by atoms with Crippen molar-refractivity contribution in [3.05, 3.63) is 112 Å². The second-order valence-corrected chi connectivity index (χ2v) is 9.58. The number of hydrogen-bond donors (Lipinski definition) is 0. The van der Waals surface area contributed by atoms with E-state index in [0.29, 0.717) is 23.0 Å². The van der Waals surface area contributed by atoms with Crippen LogP contribution in [0.1, 0.15) is 22.3 Å². The zero-order valence-corrected chi connectivity index (χ0v) is 20.9. The smallest absolute Gasteiger partial charge is 0.293 e. The Morgan fingerprint density at radius 1 is 0.889 bits per heavy atom. The lowest BCUT2D eigenvalue weighted by molar-refractivity contribution is -0.123. The SMILES string of the molecule is COc1cc(/C=C2/SC(=O)N(Cc3cccc4ccccc34)C2=O)ccc1OCc1ccc(C)cc1. The van der Waals surface area contributed by atoms with E-state index in [4.69, 9.17) is 9.47 Å². The predicted octanol–water partition coefficient (Wildman–Crippen LogP) is 6.97. The van der Waals surface area contributed by atoms with Crippen LogP contribution in [0.2, 0.25) is 0 Å². The standard InChI is InChI=1S/C30H25NO4S/c1-20-10-12-21(13-11-20)19-35-26-15-14-22(16-27(26)34-2)17-28-29(32)31(30(33)36-28)18-24-8-5-7-23-6-3-4-9-25(23)24/h3-17H,18-19H2,1-2H3/b28-17+. The molecule has 5 nitrogen and oxygen atoms in total. The minimum atomic E-state index is -0.295. The van der Waals surface area contributed by atoms with Crippen LogP contribution in [0, 0.1) is 6.92 Å². The average Bonchev–Trinajstić information content (AvgIpc) is 3.16. The monoisotopic (exact) mass is 495 g/mol. The summed E-state index contributed by atoms with van der Waals surface area (Å²) in [5.74, 6) is 0.877. The van der Waals surface area contributed by atoms with E-state index in [1.165, 1.54) is 10.5 Å². The first-order valence-electron chi connectivity index (χ1n) is 11.6. The first kappa shape index (κ1) is 23.7. The fourth-order valence-corrected chi connectivity index (χ4v) is 4.97. The molecule has 0 bridgehead atoms. The van der Waals surface area contributed by atoms with Crippen molar-refractivity contribution in [2.24, 2.45) is 0 Å². The van der Waals surface area contributed by atoms with E-state index >= 15 is 0 Å². The van der Waals surface area contributed by atoms with Gasteiger partial charge in [0, 0.05) is 0 Å². The number of amides is 2. The average molecular weight is 496 g/mol. The molecule has 180 valence electrons. The van der Waals surface area contributed by atoms with Gasteiger partial charge in [0.05, 0.1) is 18.6 Å². The molecule has 0 aliphatic carbocycles. The van der Waals surface area contributed by atoms with Gasteiger partial charge in [-0.05, 0) is 64.4 Å². The molecule has 0 aromatic heterocycles. The largest absolute Gasteiger partial charge is 0.493 e. The molecule has 1 fully saturated rings. The second-order valence-electron chi connectivity index (χ2n) is 8.59. The van der Waals surface area contributed by atoms with Gasteiger partial charge in [0.15, 0.2) is 11.5 Å². The molecule has 0 N–H and O–H groups in total. The Balaban J connectivity index is 1.33. The maximum Gasteiger partial charge on any atom is 0.293 e. The quantitative estimate of drug-likeness (QED) is 0.259. The Labute approximate surface area is 214 Å². The zero-order chi connectivity index (χ0) is 25.1. The van der Waals surface area contributed by atoms with E-state index in [9.17, 15) is 9.59 Å². The number of nitrogens with zero attached hydrogens (tertiary/aromatic N) is 1. The van der Waals surface area contributed by atoms with Crippen molar-refractivity contribution in [3.63, 3.8) is 0 Å². The third-order valence-electron chi connectivity index (χ3n) is 6.08. The van der Waals surface area contributed by atoms with Gasteiger partial charge in [-0.25, -0.2) is 0 Å². The lowest BCUT2D eigenvalue weighted by atomic mass is 10.0. The summed E-state index contributed by atoms with van der Waals surface area (Å²) in [6, 6.07) is 27.5. The Morgan fingerprint density at radius 3 is 2.47 bits per heavy atom. The van der Waals surface area contributed by atoms with Crippen molar-refractivity contribution in [1.82, 2.24) is 4.90 Å². The highest BCUT2D eigenvalue weighted by Gasteiger charge is 2.35. The number of thioether (sulfide) groups is 1. The molecule has 0 atom stereocenters. The van der Waals surface area contributed by atoms with Crippen LogP contribution in [0.15, 0.2) is 89.8 Å². The molecule has 0 spiro atoms. The molecule has 6 heteroatoms. The van der Waals surface area contributed by atoms with Gasteiger partial charge in [0.25, 0.3) is 11.1 Å². The van der Waals surface area contributed by atoms with Crippen LogP contribution in [0.4, 0.5) is 4.79 Å². The van der Waals surface area contributed by atoms with Gasteiger partial charge < -0.3 is 9.47 Å². The summed E-state index contributed by atoms with van der Waals surface area (Å²) in [4.78, 5) is 27.5. The highest BCUT2D eigenvalue weighted by atomic mass is 32.2. The number of ether oxygens (including phenoxy) is 2. The van der Waals surface area contributed by atoms with Gasteiger partial charge in [0.2, 0.25) is 0 Å². The van der Waals surface area contributed by atoms with Crippen molar-refractivity contribution in [1.29, 1.82) is 0 Å². The minimum absolute atomic E-state index is 0.235. The van der Waals surface area contributed by atoms with Gasteiger partial charge in [-0.1, -0.05) is 78.4 Å². The maximum absolute atomic E-state index is 13.1. The highest BCUT2D eigenvalue weighted by molar-refractivity contribution is 8.18. The van der Waals surface area contributed by atoms with Crippen LogP contribution in [0.25, 0.3) is 16.8 Å². The van der Waals surface area contributed by atoms with Gasteiger partial charge in [-0.3, -0.25) is 14.5 Å². The van der Waals surface area contributed by atoms with E-state index in [1.807, 2.05) is 91.9 Å². The summed E-state index contributed by atoms with van der Waals surface area (Å²) in [6.45, 7) is 2.70. The third kappa shape index (κ3) is 4.99. The van der Waals surface area contributed by atoms with Crippen LogP contribution in [-0.2, 0) is 17.9 Å². The number of carbonyl (C=O) groups is 2. The van der Waals surface area contributed by atoms with Gasteiger partial charge in [-0.2, -0.15) is 0 Å². The Bertz CT molecular complexity index is 1470. The first-order chi connectivity index (χ1) is 17.5. The number of carbonyl (C=O) groups excluding carboxylic acids is 2. The summed E-state index contributed by atoms with van der Waals surface area (Å²) in [5, 5.41) is 1.84. The van der Waals surface area contributed by atoms with E-state index in [1.54, 1.807) is 13.2 Å². The molecule has 0 saturated carbocycles. The highest BCUT2D eigenvalue weighted by Crippen LogP contribution is 2.36. The van der Waals surface area contributed by atoms with Crippen molar-refractivity contribution >= 4 is 39.8 Å². The Morgan fingerprint density at radius 2 is 1.67 bits per heavy atom. The molecule has 1 heterocycles. The van der Waals surface area contributed by atoms with Crippen LogP contribution >= 0.6 is 11.8 Å². The van der Waals surface area contributed by atoms with Gasteiger partial charge in [0.1, 0.15) is 6.61 Å². The number of benzene rings is 4. The molecule has 4 aromatic rings. The lowest BCUT2D eigenvalue weighted by Crippen LogP contribution is -2.27. The number of methoxy groups -OCH3 is 1. The Hall–Kier alpha value is -4.03. The van der Waals surface area contributed by atoms with Crippen LogP contribution < -0.4 is 9.47 Å². The minimum Gasteiger partial charge on any atom is -0.493 e. The molecule has 4 aromatic carbocycles. The van der Waals surface area contributed by atoms with Crippen LogP contribution in [0.3, 0.4) is 0 Å². The van der Waals surface area contributed by atoms with E-state index in [2.05, 4.69) is 0 Å². The van der Waals surface area contributed by atoms with Crippen LogP contribution in [-0.4, -0.2) is 23.2 Å². The molecular weight excluding hydrogens is 470 g/mol. The molecule has 2 amide bonds. The fraction of sp³-hybridized carbons (Fsp3) is 0.133. The lowest BCUT2D eigenvalue weighted by Gasteiger charge is -2.14. The van der Waals surface area contributed by atoms with Crippen LogP contribution in [0.5, 0.6) is 11.5 Å². The molecule has 1 aliphatic rings. The molecule has 1 saturated heterocycles. The summed E-state index contributed by atoms with van der Waals surface area (Å²) >= 11 is 0.954. The number of rotatable bonds is 7. The zero-order valence-electron chi connectivity index (χ0n) is 20.1. The summed E-state index contributed by atoms with van der Waals surface area (Å²) in [6.07, 6.45) is 1.72. The molecular formula is C30H25NO4S. The molecule has 36 heavy (non-hydrogen) atoms.